The summed E-state index contributed by atoms with van der Waals surface area (Å²) in [4.78, 5) is 0. The highest BCUT2D eigenvalue weighted by atomic mass is 79.9. The third-order valence-corrected chi connectivity index (χ3v) is 3.32. The molecular weight excluding hydrogens is 309 g/mol. The van der Waals surface area contributed by atoms with E-state index in [-0.39, 0.29) is 12.4 Å². The van der Waals surface area contributed by atoms with Crippen LogP contribution in [-0.4, -0.2) is 16.6 Å². The monoisotopic (exact) mass is 317 g/mol. The van der Waals surface area contributed by atoms with Gasteiger partial charge in [0.25, 0.3) is 0 Å². The highest BCUT2D eigenvalue weighted by Crippen LogP contribution is 2.24. The maximum absolute atomic E-state index is 13.5. The van der Waals surface area contributed by atoms with Crippen LogP contribution in [0.25, 0.3) is 0 Å². The number of rotatable bonds is 4. The van der Waals surface area contributed by atoms with Gasteiger partial charge in [0, 0.05) is 23.1 Å². The van der Waals surface area contributed by atoms with Crippen LogP contribution in [0.5, 0.6) is 5.75 Å². The maximum Gasteiger partial charge on any atom is 0.166 e. The van der Waals surface area contributed by atoms with E-state index in [1.165, 1.54) is 17.6 Å². The van der Waals surface area contributed by atoms with Crippen molar-refractivity contribution in [3.8, 4) is 5.75 Å². The maximum atomic E-state index is 13.5. The van der Waals surface area contributed by atoms with Gasteiger partial charge in [-0.1, -0.05) is 20.4 Å². The molecule has 17 heavy (non-hydrogen) atoms. The molecule has 7 heteroatoms. The van der Waals surface area contributed by atoms with Crippen LogP contribution in [0.4, 0.5) is 9.39 Å². The molecule has 1 N–H and O–H groups in total. The Morgan fingerprint density at radius 2 is 2.35 bits per heavy atom. The van der Waals surface area contributed by atoms with Gasteiger partial charge in [-0.25, -0.2) is 4.39 Å². The molecule has 0 saturated heterocycles. The molecule has 2 rings (SSSR count). The van der Waals surface area contributed by atoms with Crippen molar-refractivity contribution in [2.24, 2.45) is 0 Å². The van der Waals surface area contributed by atoms with Gasteiger partial charge in [-0.2, -0.15) is 0 Å². The molecule has 0 radical (unpaired) electrons. The smallest absolute Gasteiger partial charge is 0.166 e. The van der Waals surface area contributed by atoms with E-state index < -0.39 is 5.82 Å². The average Bonchev–Trinajstić information content (AvgIpc) is 2.75. The van der Waals surface area contributed by atoms with Crippen molar-refractivity contribution in [3.05, 3.63) is 34.2 Å². The summed E-state index contributed by atoms with van der Waals surface area (Å²) in [6, 6.07) is 4.64. The first kappa shape index (κ1) is 12.3. The van der Waals surface area contributed by atoms with Gasteiger partial charge in [-0.05, 0) is 18.2 Å². The van der Waals surface area contributed by atoms with Crippen LogP contribution >= 0.6 is 27.5 Å². The fraction of sp³-hybridized carbons (Fsp3) is 0.200. The Morgan fingerprint density at radius 1 is 1.53 bits per heavy atom. The Labute approximate surface area is 110 Å². The molecule has 1 aromatic carbocycles. The van der Waals surface area contributed by atoms with Crippen molar-refractivity contribution in [3.63, 3.8) is 0 Å². The third-order valence-electron chi connectivity index (χ3n) is 2.04. The zero-order valence-corrected chi connectivity index (χ0v) is 11.3. The first-order valence-corrected chi connectivity index (χ1v) is 6.34. The summed E-state index contributed by atoms with van der Waals surface area (Å²) >= 11 is 4.42. The molecule has 4 nitrogen and oxygen atoms in total. The Morgan fingerprint density at radius 3 is 3.06 bits per heavy atom. The van der Waals surface area contributed by atoms with Gasteiger partial charge in [0.2, 0.25) is 0 Å². The molecule has 90 valence electrons. The average molecular weight is 318 g/mol. The lowest BCUT2D eigenvalue weighted by Crippen LogP contribution is -2.00. The molecule has 0 amide bonds. The van der Waals surface area contributed by atoms with Gasteiger partial charge in [-0.15, -0.1) is 5.10 Å². The fourth-order valence-electron chi connectivity index (χ4n) is 1.23. The molecular formula is C10H9BrFN3OS. The molecule has 0 unspecified atom stereocenters. The number of hydrogen-bond donors (Lipinski definition) is 1. The lowest BCUT2D eigenvalue weighted by Gasteiger charge is -2.06. The number of benzene rings is 1. The van der Waals surface area contributed by atoms with E-state index in [9.17, 15) is 4.39 Å². The quantitative estimate of drug-likeness (QED) is 0.941. The Kier molecular flexibility index (Phi) is 3.90. The second-order valence-electron chi connectivity index (χ2n) is 3.16. The Hall–Kier alpha value is -1.21. The summed E-state index contributed by atoms with van der Waals surface area (Å²) in [5.74, 6) is -0.211. The van der Waals surface area contributed by atoms with Crippen molar-refractivity contribution < 1.29 is 9.13 Å². The van der Waals surface area contributed by atoms with Gasteiger partial charge >= 0.3 is 0 Å². The summed E-state index contributed by atoms with van der Waals surface area (Å²) in [6.45, 7) is 0.186. The van der Waals surface area contributed by atoms with Gasteiger partial charge in [0.1, 0.15) is 17.3 Å². The van der Waals surface area contributed by atoms with E-state index in [0.717, 1.165) is 5.00 Å². The van der Waals surface area contributed by atoms with E-state index in [1.54, 1.807) is 19.2 Å². The molecule has 0 fully saturated rings. The zero-order valence-electron chi connectivity index (χ0n) is 8.91. The molecule has 0 bridgehead atoms. The summed E-state index contributed by atoms with van der Waals surface area (Å²) in [7, 11) is 1.78. The summed E-state index contributed by atoms with van der Waals surface area (Å²) in [5, 5.41) is 7.67. The van der Waals surface area contributed by atoms with E-state index in [2.05, 4.69) is 30.8 Å². The predicted octanol–water partition coefficient (Wildman–Crippen LogP) is 3.06. The Bertz CT molecular complexity index is 520. The van der Waals surface area contributed by atoms with Crippen LogP contribution in [0.15, 0.2) is 22.7 Å². The number of ether oxygens (including phenoxy) is 1. The van der Waals surface area contributed by atoms with Crippen LogP contribution in [-0.2, 0) is 6.61 Å². The van der Waals surface area contributed by atoms with Crippen molar-refractivity contribution >= 4 is 32.5 Å². The van der Waals surface area contributed by atoms with Crippen LogP contribution < -0.4 is 10.1 Å². The second-order valence-corrected chi connectivity index (χ2v) is 4.83. The minimum absolute atomic E-state index is 0.186. The van der Waals surface area contributed by atoms with Gasteiger partial charge in [0.15, 0.2) is 11.6 Å². The highest BCUT2D eigenvalue weighted by molar-refractivity contribution is 9.10. The summed E-state index contributed by atoms with van der Waals surface area (Å²) in [6.07, 6.45) is 0. The zero-order chi connectivity index (χ0) is 12.3. The van der Waals surface area contributed by atoms with Gasteiger partial charge < -0.3 is 10.1 Å². The van der Waals surface area contributed by atoms with Crippen LogP contribution in [0.3, 0.4) is 0 Å². The highest BCUT2D eigenvalue weighted by Gasteiger charge is 2.09. The van der Waals surface area contributed by atoms with Crippen LogP contribution in [0.2, 0.25) is 0 Å². The van der Waals surface area contributed by atoms with Crippen LogP contribution in [0.1, 0.15) is 5.69 Å². The number of aromatic nitrogens is 2. The van der Waals surface area contributed by atoms with E-state index in [1.807, 2.05) is 0 Å². The Balaban J connectivity index is 2.07. The lowest BCUT2D eigenvalue weighted by atomic mass is 10.3. The fourth-order valence-corrected chi connectivity index (χ4v) is 2.08. The molecule has 1 aromatic heterocycles. The van der Waals surface area contributed by atoms with E-state index in [4.69, 9.17) is 4.74 Å². The number of nitrogens with zero attached hydrogens (tertiary/aromatic N) is 2. The van der Waals surface area contributed by atoms with Gasteiger partial charge in [0.05, 0.1) is 0 Å². The minimum Gasteiger partial charge on any atom is -0.484 e. The molecule has 2 aromatic rings. The van der Waals surface area contributed by atoms with Gasteiger partial charge in [-0.3, -0.25) is 0 Å². The molecule has 0 aliphatic carbocycles. The van der Waals surface area contributed by atoms with Crippen LogP contribution in [0, 0.1) is 5.82 Å². The molecule has 0 aliphatic heterocycles. The van der Waals surface area contributed by atoms with Crippen molar-refractivity contribution in [2.75, 3.05) is 12.4 Å². The molecule has 0 aliphatic rings. The minimum atomic E-state index is -0.409. The normalized spacial score (nSPS) is 10.3. The number of halogens is 2. The number of hydrogen-bond acceptors (Lipinski definition) is 5. The van der Waals surface area contributed by atoms with Crippen molar-refractivity contribution in [1.82, 2.24) is 9.59 Å². The summed E-state index contributed by atoms with van der Waals surface area (Å²) < 4.78 is 23.3. The first-order chi connectivity index (χ1) is 8.20. The molecule has 0 saturated carbocycles. The second kappa shape index (κ2) is 5.42. The largest absolute Gasteiger partial charge is 0.484 e. The van der Waals surface area contributed by atoms with E-state index in [0.29, 0.717) is 10.2 Å². The molecule has 0 atom stereocenters. The van der Waals surface area contributed by atoms with Crippen molar-refractivity contribution in [1.29, 1.82) is 0 Å². The number of nitrogens with one attached hydrogen (secondary N) is 1. The standard InChI is InChI=1S/C10H9BrFN3OS/c1-13-10-8(14-15-17-10)5-16-9-3-2-6(11)4-7(9)12/h2-4,13H,5H2,1H3. The third kappa shape index (κ3) is 2.92. The SMILES string of the molecule is CNc1snnc1COc1ccc(Br)cc1F. The molecule has 0 spiro atoms. The predicted molar refractivity (Wildman–Crippen MR) is 67.9 cm³/mol. The number of anilines is 1. The van der Waals surface area contributed by atoms with E-state index >= 15 is 0 Å². The topological polar surface area (TPSA) is 47.0 Å². The molecule has 1 heterocycles. The summed E-state index contributed by atoms with van der Waals surface area (Å²) in [5.41, 5.74) is 0.666. The lowest BCUT2D eigenvalue weighted by molar-refractivity contribution is 0.286. The first-order valence-electron chi connectivity index (χ1n) is 4.77. The van der Waals surface area contributed by atoms with Crippen molar-refractivity contribution in [2.45, 2.75) is 6.61 Å².